The van der Waals surface area contributed by atoms with Gasteiger partial charge in [-0.15, -0.1) is 18.2 Å². The molecule has 2 heterocycles. The van der Waals surface area contributed by atoms with Gasteiger partial charge < -0.3 is 15.4 Å². The zero-order chi connectivity index (χ0) is 29.9. The monoisotopic (exact) mass is 617 g/mol. The van der Waals surface area contributed by atoms with Crippen molar-refractivity contribution in [1.29, 1.82) is 5.26 Å². The summed E-state index contributed by atoms with van der Waals surface area (Å²) in [6.45, 7) is 2.29. The number of ether oxygens (including phenoxy) is 1. The van der Waals surface area contributed by atoms with E-state index in [2.05, 4.69) is 25.5 Å². The number of anilines is 1. The lowest BCUT2D eigenvalue weighted by Gasteiger charge is -2.24. The van der Waals surface area contributed by atoms with Gasteiger partial charge in [0.05, 0.1) is 34.4 Å². The van der Waals surface area contributed by atoms with E-state index in [4.69, 9.17) is 23.2 Å². The molecule has 2 aliphatic heterocycles. The van der Waals surface area contributed by atoms with E-state index in [9.17, 15) is 32.0 Å². The van der Waals surface area contributed by atoms with E-state index in [1.165, 1.54) is 17.1 Å². The van der Waals surface area contributed by atoms with Crippen LogP contribution in [0.3, 0.4) is 0 Å². The van der Waals surface area contributed by atoms with Gasteiger partial charge in [0.2, 0.25) is 18.1 Å². The summed E-state index contributed by atoms with van der Waals surface area (Å²) in [6.07, 6.45) is -4.66. The van der Waals surface area contributed by atoms with E-state index in [0.29, 0.717) is 18.2 Å². The highest BCUT2D eigenvalue weighted by Gasteiger charge is 2.39. The fraction of sp³-hybridized carbons (Fsp3) is 0.360. The maximum Gasteiger partial charge on any atom is 0.573 e. The van der Waals surface area contributed by atoms with Gasteiger partial charge in [-0.1, -0.05) is 36.2 Å². The minimum absolute atomic E-state index is 0.0138. The van der Waals surface area contributed by atoms with E-state index >= 15 is 0 Å². The van der Waals surface area contributed by atoms with Crippen LogP contribution in [0, 0.1) is 17.3 Å². The number of nitrogens with zero attached hydrogens (tertiary/aromatic N) is 5. The number of alkyl halides is 4. The maximum absolute atomic E-state index is 14.1. The Kier molecular flexibility index (Phi) is 9.21. The number of carbonyl (C=O) groups is 1. The van der Waals surface area contributed by atoms with Crippen molar-refractivity contribution in [1.82, 2.24) is 15.2 Å². The topological polar surface area (TPSA) is 105 Å². The van der Waals surface area contributed by atoms with E-state index < -0.39 is 42.1 Å². The Morgan fingerprint density at radius 3 is 2.63 bits per heavy atom. The molecule has 2 aromatic carbocycles. The van der Waals surface area contributed by atoms with Gasteiger partial charge in [0, 0.05) is 36.3 Å². The van der Waals surface area contributed by atoms with Gasteiger partial charge in [-0.05, 0) is 24.7 Å². The molecule has 0 radical (unpaired) electrons. The average molecular weight is 618 g/mol. The summed E-state index contributed by atoms with van der Waals surface area (Å²) in [5, 5.41) is 20.8. The number of carbonyl (C=O) groups excluding carboxylic acids is 1. The highest BCUT2D eigenvalue weighted by Crippen LogP contribution is 2.29. The lowest BCUT2D eigenvalue weighted by molar-refractivity contribution is -0.274. The number of rotatable bonds is 6. The maximum atomic E-state index is 14.1. The van der Waals surface area contributed by atoms with Gasteiger partial charge in [0.25, 0.3) is 0 Å². The fourth-order valence-electron chi connectivity index (χ4n) is 4.55. The molecule has 3 atom stereocenters. The highest BCUT2D eigenvalue weighted by molar-refractivity contribution is 6.42. The fourth-order valence-corrected chi connectivity index (χ4v) is 4.85. The molecular weight excluding hydrogens is 596 g/mol. The van der Waals surface area contributed by atoms with Gasteiger partial charge >= 0.3 is 6.36 Å². The van der Waals surface area contributed by atoms with Gasteiger partial charge in [-0.25, -0.2) is 13.8 Å². The smallest absolute Gasteiger partial charge is 0.406 e. The number of nitriles is 1. The van der Waals surface area contributed by atoms with Crippen LogP contribution in [0.15, 0.2) is 46.5 Å². The SMILES string of the molecule is CCN1C[C@H](F)C[C@@H]1C(=O)NC1CN(C(=NC#N)Nc2cc(F)cc(OC(F)(F)F)c2)N=C1c1ccc(Cl)c(Cl)c1. The molecule has 9 nitrogen and oxygen atoms in total. The van der Waals surface area contributed by atoms with Crippen molar-refractivity contribution in [3.63, 3.8) is 0 Å². The predicted octanol–water partition coefficient (Wildman–Crippen LogP) is 4.92. The number of aliphatic imine (C=N–C) groups is 1. The largest absolute Gasteiger partial charge is 0.573 e. The zero-order valence-corrected chi connectivity index (χ0v) is 22.7. The summed E-state index contributed by atoms with van der Waals surface area (Å²) >= 11 is 12.2. The molecular formula is C25H22Cl2F5N7O2. The molecule has 2 aromatic rings. The molecule has 218 valence electrons. The molecule has 16 heteroatoms. The van der Waals surface area contributed by atoms with Crippen LogP contribution in [0.4, 0.5) is 27.6 Å². The summed E-state index contributed by atoms with van der Waals surface area (Å²) in [6, 6.07) is 5.35. The molecule has 0 saturated carbocycles. The predicted molar refractivity (Wildman–Crippen MR) is 142 cm³/mol. The minimum atomic E-state index is -5.07. The molecule has 2 N–H and O–H groups in total. The Labute approximate surface area is 241 Å². The van der Waals surface area contributed by atoms with Gasteiger partial charge in [-0.3, -0.25) is 9.69 Å². The molecule has 41 heavy (non-hydrogen) atoms. The Morgan fingerprint density at radius 2 is 1.98 bits per heavy atom. The van der Waals surface area contributed by atoms with Crippen LogP contribution in [0.25, 0.3) is 0 Å². The van der Waals surface area contributed by atoms with E-state index in [0.717, 1.165) is 12.1 Å². The van der Waals surface area contributed by atoms with Crippen molar-refractivity contribution in [2.24, 2.45) is 10.1 Å². The van der Waals surface area contributed by atoms with Crippen LogP contribution in [0.1, 0.15) is 18.9 Å². The molecule has 1 saturated heterocycles. The second kappa shape index (κ2) is 12.5. The van der Waals surface area contributed by atoms with Crippen LogP contribution in [-0.2, 0) is 4.79 Å². The number of hydrazone groups is 1. The lowest BCUT2D eigenvalue weighted by atomic mass is 10.0. The van der Waals surface area contributed by atoms with Gasteiger partial charge in [-0.2, -0.15) is 10.4 Å². The number of amides is 1. The molecule has 0 aliphatic carbocycles. The molecule has 0 spiro atoms. The number of nitrogens with one attached hydrogen (secondary N) is 2. The summed E-state index contributed by atoms with van der Waals surface area (Å²) in [5.41, 5.74) is 0.510. The third-order valence-corrected chi connectivity index (χ3v) is 7.01. The number of guanidine groups is 1. The number of likely N-dealkylation sites (N-methyl/N-ethyl adjacent to an activating group) is 1. The molecule has 1 fully saturated rings. The average Bonchev–Trinajstić information content (AvgIpc) is 3.47. The molecule has 0 bridgehead atoms. The number of hydrogen-bond acceptors (Lipinski definition) is 6. The first kappa shape index (κ1) is 30.3. The van der Waals surface area contributed by atoms with Crippen molar-refractivity contribution >= 4 is 46.5 Å². The van der Waals surface area contributed by atoms with E-state index in [1.54, 1.807) is 17.2 Å². The molecule has 1 unspecified atom stereocenters. The van der Waals surface area contributed by atoms with Crippen LogP contribution in [0.5, 0.6) is 5.75 Å². The van der Waals surface area contributed by atoms with Crippen molar-refractivity contribution < 1.29 is 31.5 Å². The third-order valence-electron chi connectivity index (χ3n) is 6.27. The standard InChI is InChI=1S/C25H22Cl2F5N7O2/c1-2-38-10-15(29)8-21(38)23(40)36-20-11-39(37-22(20)13-3-4-18(26)19(27)5-13)24(34-12-33)35-16-6-14(28)7-17(9-16)41-25(30,31)32/h3-7,9,15,20-21H,2,8,10-11H2,1H3,(H,34,35)(H,36,40)/t15-,20?,21-/m1/s1. The number of halogens is 7. The molecule has 1 amide bonds. The van der Waals surface area contributed by atoms with Crippen molar-refractivity contribution in [3.8, 4) is 11.9 Å². The minimum Gasteiger partial charge on any atom is -0.406 e. The molecule has 0 aromatic heterocycles. The van der Waals surface area contributed by atoms with Gasteiger partial charge in [0.15, 0.2) is 0 Å². The Bertz CT molecular complexity index is 1420. The van der Waals surface area contributed by atoms with Crippen molar-refractivity contribution in [2.75, 3.05) is 25.0 Å². The van der Waals surface area contributed by atoms with Crippen LogP contribution < -0.4 is 15.4 Å². The number of benzene rings is 2. The second-order valence-corrected chi connectivity index (χ2v) is 9.89. The third kappa shape index (κ3) is 7.55. The van der Waals surface area contributed by atoms with E-state index in [1.807, 2.05) is 6.92 Å². The Hall–Kier alpha value is -3.67. The number of likely N-dealkylation sites (tertiary alicyclic amines) is 1. The first-order valence-electron chi connectivity index (χ1n) is 12.2. The molecule has 4 rings (SSSR count). The first-order chi connectivity index (χ1) is 19.4. The quantitative estimate of drug-likeness (QED) is 0.206. The zero-order valence-electron chi connectivity index (χ0n) is 21.2. The van der Waals surface area contributed by atoms with Crippen LogP contribution in [0.2, 0.25) is 10.0 Å². The van der Waals surface area contributed by atoms with Crippen LogP contribution in [-0.4, -0.2) is 71.7 Å². The number of hydrogen-bond donors (Lipinski definition) is 2. The highest BCUT2D eigenvalue weighted by atomic mass is 35.5. The summed E-state index contributed by atoms with van der Waals surface area (Å²) in [5.74, 6) is -2.63. The Morgan fingerprint density at radius 1 is 1.22 bits per heavy atom. The summed E-state index contributed by atoms with van der Waals surface area (Å²) in [4.78, 5) is 18.6. The van der Waals surface area contributed by atoms with Crippen molar-refractivity contribution in [2.45, 2.75) is 38.0 Å². The Balaban J connectivity index is 1.64. The lowest BCUT2D eigenvalue weighted by Crippen LogP contribution is -2.51. The second-order valence-electron chi connectivity index (χ2n) is 9.08. The van der Waals surface area contributed by atoms with Crippen molar-refractivity contribution in [3.05, 3.63) is 57.8 Å². The van der Waals surface area contributed by atoms with Gasteiger partial charge in [0.1, 0.15) is 17.7 Å². The van der Waals surface area contributed by atoms with Crippen LogP contribution >= 0.6 is 23.2 Å². The first-order valence-corrected chi connectivity index (χ1v) is 12.9. The van der Waals surface area contributed by atoms with E-state index in [-0.39, 0.29) is 46.9 Å². The normalized spacial score (nSPS) is 21.4. The summed E-state index contributed by atoms with van der Waals surface area (Å²) < 4.78 is 70.0. The summed E-state index contributed by atoms with van der Waals surface area (Å²) in [7, 11) is 0. The molecule has 2 aliphatic rings.